The van der Waals surface area contributed by atoms with Crippen molar-refractivity contribution >= 4 is 7.37 Å². The maximum Gasteiger partial charge on any atom is 0.250 e. The first kappa shape index (κ1) is 15.2. The maximum absolute atomic E-state index is 12.6. The molecule has 0 N–H and O–H groups in total. The van der Waals surface area contributed by atoms with Gasteiger partial charge in [0.1, 0.15) is 5.76 Å². The van der Waals surface area contributed by atoms with E-state index in [1.54, 1.807) is 18.2 Å². The normalized spacial score (nSPS) is 16.7. The van der Waals surface area contributed by atoms with Crippen LogP contribution >= 0.6 is 7.37 Å². The van der Waals surface area contributed by atoms with Gasteiger partial charge in [-0.3, -0.25) is 4.57 Å². The van der Waals surface area contributed by atoms with Crippen LogP contribution in [0.15, 0.2) is 37.1 Å². The lowest BCUT2D eigenvalue weighted by molar-refractivity contribution is 0.405. The summed E-state index contributed by atoms with van der Waals surface area (Å²) >= 11 is 0. The molecule has 0 aliphatic heterocycles. The molecule has 92 valence electrons. The van der Waals surface area contributed by atoms with Crippen molar-refractivity contribution in [3.63, 3.8) is 0 Å². The van der Waals surface area contributed by atoms with E-state index in [2.05, 4.69) is 13.2 Å². The van der Waals surface area contributed by atoms with E-state index >= 15 is 0 Å². The Morgan fingerprint density at radius 1 is 1.50 bits per heavy atom. The van der Waals surface area contributed by atoms with Gasteiger partial charge in [-0.15, -0.1) is 0 Å². The van der Waals surface area contributed by atoms with Crippen LogP contribution in [0.2, 0.25) is 0 Å². The third-order valence-electron chi connectivity index (χ3n) is 2.49. The molecule has 0 aliphatic carbocycles. The van der Waals surface area contributed by atoms with Crippen molar-refractivity contribution in [2.75, 3.05) is 6.16 Å². The van der Waals surface area contributed by atoms with Crippen molar-refractivity contribution in [3.05, 3.63) is 37.1 Å². The average molecular weight is 242 g/mol. The van der Waals surface area contributed by atoms with Gasteiger partial charge < -0.3 is 4.52 Å². The van der Waals surface area contributed by atoms with Crippen LogP contribution in [0.3, 0.4) is 0 Å². The van der Waals surface area contributed by atoms with Crippen molar-refractivity contribution in [3.8, 4) is 0 Å². The largest absolute Gasteiger partial charge is 0.443 e. The molecule has 2 atom stereocenters. The van der Waals surface area contributed by atoms with Gasteiger partial charge in [0.15, 0.2) is 0 Å². The lowest BCUT2D eigenvalue weighted by Gasteiger charge is -2.24. The minimum atomic E-state index is -2.59. The Bertz CT molecular complexity index is 305. The standard InChI is InChI=1S/C13H23O2P/c1-6-9-10-12(4)15-16(14,11-7-2)13(5)8-3/h6,9-10,13H,1,4,7-8,11H2,2-3,5H3. The Morgan fingerprint density at radius 2 is 2.12 bits per heavy atom. The summed E-state index contributed by atoms with van der Waals surface area (Å²) in [6.45, 7) is 13.3. The minimum absolute atomic E-state index is 0.0846. The van der Waals surface area contributed by atoms with E-state index in [0.29, 0.717) is 11.9 Å². The zero-order chi connectivity index (χ0) is 12.6. The fraction of sp³-hybridized carbons (Fsp3) is 0.538. The van der Waals surface area contributed by atoms with E-state index in [1.165, 1.54) is 0 Å². The number of hydrogen-bond donors (Lipinski definition) is 0. The summed E-state index contributed by atoms with van der Waals surface area (Å²) in [5, 5.41) is 0. The quantitative estimate of drug-likeness (QED) is 0.349. The molecule has 0 fully saturated rings. The SMILES string of the molecule is C=CC=CC(=C)OP(=O)(CCC)C(C)CC. The van der Waals surface area contributed by atoms with Crippen molar-refractivity contribution in [2.45, 2.75) is 39.3 Å². The summed E-state index contributed by atoms with van der Waals surface area (Å²) in [6.07, 6.45) is 7.40. The van der Waals surface area contributed by atoms with Gasteiger partial charge in [-0.05, 0) is 18.9 Å². The van der Waals surface area contributed by atoms with E-state index in [4.69, 9.17) is 4.52 Å². The summed E-state index contributed by atoms with van der Waals surface area (Å²) in [5.41, 5.74) is 0.0846. The van der Waals surface area contributed by atoms with E-state index in [9.17, 15) is 4.57 Å². The van der Waals surface area contributed by atoms with Gasteiger partial charge in [-0.1, -0.05) is 46.1 Å². The van der Waals surface area contributed by atoms with Crippen LogP contribution in [0.25, 0.3) is 0 Å². The fourth-order valence-corrected chi connectivity index (χ4v) is 3.70. The Balaban J connectivity index is 4.67. The van der Waals surface area contributed by atoms with Gasteiger partial charge in [-0.25, -0.2) is 0 Å². The van der Waals surface area contributed by atoms with Crippen LogP contribution in [0.4, 0.5) is 0 Å². The summed E-state index contributed by atoms with van der Waals surface area (Å²) in [6, 6.07) is 0. The van der Waals surface area contributed by atoms with Gasteiger partial charge in [0.25, 0.3) is 7.37 Å². The zero-order valence-corrected chi connectivity index (χ0v) is 11.5. The molecule has 0 saturated heterocycles. The summed E-state index contributed by atoms with van der Waals surface area (Å²) in [4.78, 5) is 0. The molecule has 0 aromatic heterocycles. The predicted octanol–water partition coefficient (Wildman–Crippen LogP) is 4.75. The predicted molar refractivity (Wildman–Crippen MR) is 72.1 cm³/mol. The van der Waals surface area contributed by atoms with E-state index in [1.807, 2.05) is 20.8 Å². The molecule has 0 heterocycles. The van der Waals surface area contributed by atoms with Crippen LogP contribution in [0.5, 0.6) is 0 Å². The van der Waals surface area contributed by atoms with Crippen molar-refractivity contribution in [1.82, 2.24) is 0 Å². The first-order chi connectivity index (χ1) is 7.50. The second-order valence-electron chi connectivity index (χ2n) is 3.86. The second-order valence-corrected chi connectivity index (χ2v) is 6.82. The molecule has 0 aromatic carbocycles. The van der Waals surface area contributed by atoms with Gasteiger partial charge in [0.05, 0.1) is 0 Å². The Labute approximate surface area is 99.5 Å². The summed E-state index contributed by atoms with van der Waals surface area (Å²) < 4.78 is 18.1. The molecule has 2 nitrogen and oxygen atoms in total. The molecule has 0 rings (SSSR count). The molecule has 16 heavy (non-hydrogen) atoms. The van der Waals surface area contributed by atoms with Crippen LogP contribution in [-0.2, 0) is 9.09 Å². The lowest BCUT2D eigenvalue weighted by atomic mass is 10.4. The minimum Gasteiger partial charge on any atom is -0.443 e. The molecule has 0 aromatic rings. The fourth-order valence-electron chi connectivity index (χ4n) is 1.35. The highest BCUT2D eigenvalue weighted by Gasteiger charge is 2.29. The third kappa shape index (κ3) is 4.85. The van der Waals surface area contributed by atoms with E-state index < -0.39 is 7.37 Å². The molecular weight excluding hydrogens is 219 g/mol. The van der Waals surface area contributed by atoms with Gasteiger partial charge >= 0.3 is 0 Å². The first-order valence-electron chi connectivity index (χ1n) is 5.76. The van der Waals surface area contributed by atoms with Gasteiger partial charge in [-0.2, -0.15) is 0 Å². The molecule has 0 amide bonds. The van der Waals surface area contributed by atoms with Crippen molar-refractivity contribution in [1.29, 1.82) is 0 Å². The van der Waals surface area contributed by atoms with Crippen LogP contribution in [-0.4, -0.2) is 11.8 Å². The molecule has 0 radical (unpaired) electrons. The highest BCUT2D eigenvalue weighted by molar-refractivity contribution is 7.59. The zero-order valence-electron chi connectivity index (χ0n) is 10.6. The molecule has 0 spiro atoms. The molecular formula is C13H23O2P. The Hall–Kier alpha value is -0.750. The van der Waals surface area contributed by atoms with Crippen LogP contribution in [0.1, 0.15) is 33.6 Å². The first-order valence-corrected chi connectivity index (χ1v) is 7.64. The molecule has 0 saturated carbocycles. The Kier molecular flexibility index (Phi) is 7.16. The molecule has 2 unspecified atom stereocenters. The van der Waals surface area contributed by atoms with E-state index in [-0.39, 0.29) is 5.66 Å². The van der Waals surface area contributed by atoms with Crippen molar-refractivity contribution in [2.24, 2.45) is 0 Å². The topological polar surface area (TPSA) is 26.3 Å². The van der Waals surface area contributed by atoms with Gasteiger partial charge in [0.2, 0.25) is 0 Å². The highest BCUT2D eigenvalue weighted by atomic mass is 31.2. The second kappa shape index (κ2) is 7.51. The van der Waals surface area contributed by atoms with Gasteiger partial charge in [0, 0.05) is 11.8 Å². The average Bonchev–Trinajstić information content (AvgIpc) is 2.25. The molecule has 0 bridgehead atoms. The number of allylic oxidation sites excluding steroid dienone is 3. The van der Waals surface area contributed by atoms with Crippen molar-refractivity contribution < 1.29 is 9.09 Å². The monoisotopic (exact) mass is 242 g/mol. The molecule has 0 aliphatic rings. The lowest BCUT2D eigenvalue weighted by Crippen LogP contribution is -2.07. The Morgan fingerprint density at radius 3 is 2.56 bits per heavy atom. The smallest absolute Gasteiger partial charge is 0.250 e. The van der Waals surface area contributed by atoms with Crippen LogP contribution in [0, 0.1) is 0 Å². The number of hydrogen-bond acceptors (Lipinski definition) is 2. The number of rotatable bonds is 8. The highest BCUT2D eigenvalue weighted by Crippen LogP contribution is 2.55. The summed E-state index contributed by atoms with van der Waals surface area (Å²) in [7, 11) is -2.59. The third-order valence-corrected chi connectivity index (χ3v) is 5.81. The molecule has 3 heteroatoms. The maximum atomic E-state index is 12.6. The summed E-state index contributed by atoms with van der Waals surface area (Å²) in [5.74, 6) is 0.456. The van der Waals surface area contributed by atoms with E-state index in [0.717, 1.165) is 12.8 Å². The van der Waals surface area contributed by atoms with Crippen LogP contribution < -0.4 is 0 Å².